The smallest absolute Gasteiger partial charge is 0.326 e. The number of amides is 1. The lowest BCUT2D eigenvalue weighted by molar-refractivity contribution is -0.265. The maximum atomic E-state index is 13.6. The minimum absolute atomic E-state index is 0.0138. The summed E-state index contributed by atoms with van der Waals surface area (Å²) in [7, 11) is 4.64. The predicted octanol–water partition coefficient (Wildman–Crippen LogP) is 6.52. The molecular weight excluding hydrogens is 875 g/mol. The van der Waals surface area contributed by atoms with E-state index in [1.165, 1.54) is 7.11 Å². The molecule has 15 heteroatoms. The van der Waals surface area contributed by atoms with Crippen LogP contribution in [-0.4, -0.2) is 144 Å². The van der Waals surface area contributed by atoms with Gasteiger partial charge in [-0.05, 0) is 113 Å². The Balaban J connectivity index is 1.50. The van der Waals surface area contributed by atoms with Crippen molar-refractivity contribution in [3.05, 3.63) is 59.8 Å². The molecule has 0 unspecified atom stereocenters. The van der Waals surface area contributed by atoms with Crippen LogP contribution in [0.4, 0.5) is 0 Å². The first-order chi connectivity index (χ1) is 32.2. The minimum atomic E-state index is -2.38. The molecule has 0 aromatic heterocycles. The normalized spacial score (nSPS) is 28.6. The summed E-state index contributed by atoms with van der Waals surface area (Å²) < 4.78 is 28.7. The van der Waals surface area contributed by atoms with E-state index in [9.17, 15) is 39.3 Å². The van der Waals surface area contributed by atoms with Crippen LogP contribution in [0.2, 0.25) is 0 Å². The zero-order valence-electron chi connectivity index (χ0n) is 42.3. The van der Waals surface area contributed by atoms with Crippen LogP contribution in [0.5, 0.6) is 0 Å². The van der Waals surface area contributed by atoms with Gasteiger partial charge in [-0.25, -0.2) is 4.79 Å². The molecule has 68 heavy (non-hydrogen) atoms. The molecule has 4 N–H and O–H groups in total. The fraction of sp³-hybridized carbons (Fsp3) is 0.717. The van der Waals surface area contributed by atoms with E-state index >= 15 is 0 Å². The zero-order valence-corrected chi connectivity index (χ0v) is 42.3. The van der Waals surface area contributed by atoms with Gasteiger partial charge in [0.25, 0.3) is 11.7 Å². The second-order valence-electron chi connectivity index (χ2n) is 19.6. The number of hydrogen-bond acceptors (Lipinski definition) is 13. The molecule has 1 aliphatic carbocycles. The number of likely N-dealkylation sites (tertiary alicyclic amines) is 1. The van der Waals surface area contributed by atoms with Gasteiger partial charge in [0.05, 0.1) is 37.6 Å². The Morgan fingerprint density at radius 3 is 2.22 bits per heavy atom. The molecular formula is C53H83NO14. The second-order valence-corrected chi connectivity index (χ2v) is 19.6. The number of carbonyl (C=O) groups is 5. The van der Waals surface area contributed by atoms with Crippen molar-refractivity contribution in [1.82, 2.24) is 4.90 Å². The number of piperidine rings is 1. The number of ketones is 3. The molecule has 3 fully saturated rings. The maximum absolute atomic E-state index is 13.6. The van der Waals surface area contributed by atoms with Gasteiger partial charge in [0.1, 0.15) is 18.2 Å². The van der Waals surface area contributed by atoms with Crippen LogP contribution in [0, 0.1) is 35.5 Å². The van der Waals surface area contributed by atoms with E-state index in [4.69, 9.17) is 28.8 Å². The van der Waals surface area contributed by atoms with Gasteiger partial charge in [-0.2, -0.15) is 0 Å². The van der Waals surface area contributed by atoms with Crippen molar-refractivity contribution >= 4 is 29.2 Å². The van der Waals surface area contributed by atoms with Crippen LogP contribution < -0.4 is 0 Å². The average Bonchev–Trinajstić information content (AvgIpc) is 3.32. The number of carbonyl (C=O) groups excluding carboxylic acids is 4. The quantitative estimate of drug-likeness (QED) is 0.0299. The van der Waals surface area contributed by atoms with E-state index in [0.717, 1.165) is 36.2 Å². The Bertz CT molecular complexity index is 1810. The minimum Gasteiger partial charge on any atom is -0.480 e. The summed E-state index contributed by atoms with van der Waals surface area (Å²) in [4.78, 5) is 66.2. The second kappa shape index (κ2) is 28.9. The highest BCUT2D eigenvalue weighted by Gasteiger charge is 2.52. The van der Waals surface area contributed by atoms with Gasteiger partial charge in [-0.1, -0.05) is 77.2 Å². The molecule has 0 aromatic rings. The van der Waals surface area contributed by atoms with Crippen molar-refractivity contribution in [2.45, 2.75) is 168 Å². The molecule has 14 atom stereocenters. The largest absolute Gasteiger partial charge is 0.480 e. The van der Waals surface area contributed by atoms with Crippen LogP contribution >= 0.6 is 0 Å². The summed E-state index contributed by atoms with van der Waals surface area (Å²) in [6.45, 7) is 13.3. The van der Waals surface area contributed by atoms with Gasteiger partial charge in [0.2, 0.25) is 5.79 Å². The summed E-state index contributed by atoms with van der Waals surface area (Å²) >= 11 is 0. The molecule has 3 rings (SSSR count). The lowest BCUT2D eigenvalue weighted by Gasteiger charge is -2.42. The van der Waals surface area contributed by atoms with E-state index in [2.05, 4.69) is 6.92 Å². The zero-order chi connectivity index (χ0) is 50.7. The molecule has 15 nitrogen and oxygen atoms in total. The van der Waals surface area contributed by atoms with Crippen LogP contribution in [0.3, 0.4) is 0 Å². The van der Waals surface area contributed by atoms with Gasteiger partial charge >= 0.3 is 5.97 Å². The molecule has 0 bridgehead atoms. The highest BCUT2D eigenvalue weighted by molar-refractivity contribution is 6.39. The standard InChI is InChI=1S/C53H83NO14/c1-33(16-12-11-13-17-35(3)45(64-8)32-41-22-20-39(7)53(63,68-41)50(59)51(60)54-25-15-14-18-42(54)52(61)62)28-37(5)47(57)49(66-10)48(58)38(6)30-36(4)43(56)23-19-34(2)29-40-21-24-44(67-27-26-55)46(31-40)65-9/h11-13,16-17,19,23,30,33-34,36-37,39-42,44-46,48-49,55,58,63H,14-15,18,20-22,24-29,31-32H2,1-10H3,(H,61,62)/b13-11+,16-12+,23-19?,35-17+,38-30+/t33-,34+,36-,37-,39-,40+,41+,42+,44-,45+,46-,48-,49+,53-/m1/s1. The number of carboxylic acid groups (broad SMARTS) is 1. The summed E-state index contributed by atoms with van der Waals surface area (Å²) in [6, 6.07) is -1.12. The number of methoxy groups -OCH3 is 3. The third-order valence-corrected chi connectivity index (χ3v) is 14.1. The van der Waals surface area contributed by atoms with Crippen LogP contribution in [0.25, 0.3) is 0 Å². The monoisotopic (exact) mass is 958 g/mol. The summed E-state index contributed by atoms with van der Waals surface area (Å²) in [5, 5.41) is 41.5. The third kappa shape index (κ3) is 17.0. The third-order valence-electron chi connectivity index (χ3n) is 14.1. The number of carboxylic acids is 1. The molecule has 0 radical (unpaired) electrons. The van der Waals surface area contributed by atoms with Crippen LogP contribution in [0.15, 0.2) is 59.8 Å². The summed E-state index contributed by atoms with van der Waals surface area (Å²) in [6.07, 6.45) is 18.2. The SMILES string of the molecule is CO[C@@H](C[C@@H]1CC[C@@H](C)[C@](O)(C(=O)C(=O)N2CCCC[C@H]2C(=O)O)O1)/C(C)=C/C=C/C=C/[C@@H](C)C[C@@H](C)C(=O)[C@H](OC)[C@H](O)/C(C)=C/[C@@H](C)C(=O)C=C[C@H](C)C[C@@H]1CC[C@@H](OCCO)[C@H](OC)C1. The highest BCUT2D eigenvalue weighted by Crippen LogP contribution is 2.37. The molecule has 0 spiro atoms. The molecule has 2 saturated heterocycles. The van der Waals surface area contributed by atoms with E-state index in [1.807, 2.05) is 57.2 Å². The number of aliphatic hydroxyl groups is 3. The first kappa shape index (κ1) is 58.6. The Morgan fingerprint density at radius 1 is 0.853 bits per heavy atom. The Morgan fingerprint density at radius 2 is 1.57 bits per heavy atom. The van der Waals surface area contributed by atoms with Gasteiger partial charge in [0.15, 0.2) is 11.6 Å². The Hall–Kier alpha value is -3.67. The van der Waals surface area contributed by atoms with Crippen molar-refractivity contribution in [1.29, 1.82) is 0 Å². The van der Waals surface area contributed by atoms with E-state index < -0.39 is 71.7 Å². The fourth-order valence-electron chi connectivity index (χ4n) is 9.86. The highest BCUT2D eigenvalue weighted by atomic mass is 16.6. The van der Waals surface area contributed by atoms with E-state index in [1.54, 1.807) is 47.1 Å². The maximum Gasteiger partial charge on any atom is 0.326 e. The lowest BCUT2D eigenvalue weighted by atomic mass is 9.80. The lowest BCUT2D eigenvalue weighted by Crippen LogP contribution is -2.60. The predicted molar refractivity (Wildman–Crippen MR) is 258 cm³/mol. The fourth-order valence-corrected chi connectivity index (χ4v) is 9.86. The molecule has 384 valence electrons. The summed E-state index contributed by atoms with van der Waals surface area (Å²) in [5.41, 5.74) is 1.35. The number of rotatable bonds is 27. The van der Waals surface area contributed by atoms with Crippen molar-refractivity contribution in [2.75, 3.05) is 41.1 Å². The Kier molecular flexibility index (Phi) is 24.9. The molecule has 1 amide bonds. The number of aliphatic hydroxyl groups excluding tert-OH is 2. The van der Waals surface area contributed by atoms with E-state index in [0.29, 0.717) is 56.6 Å². The van der Waals surface area contributed by atoms with Gasteiger partial charge in [-0.15, -0.1) is 0 Å². The van der Waals surface area contributed by atoms with Crippen molar-refractivity contribution in [3.63, 3.8) is 0 Å². The molecule has 3 aliphatic rings. The number of ether oxygens (including phenoxy) is 5. The summed E-state index contributed by atoms with van der Waals surface area (Å²) in [5.74, 6) is -7.06. The van der Waals surface area contributed by atoms with Gasteiger partial charge in [0, 0.05) is 52.0 Å². The number of nitrogens with zero attached hydrogens (tertiary/aromatic N) is 1. The number of aliphatic carboxylic acids is 1. The van der Waals surface area contributed by atoms with Crippen LogP contribution in [0.1, 0.15) is 119 Å². The molecule has 1 saturated carbocycles. The van der Waals surface area contributed by atoms with Crippen molar-refractivity contribution in [2.24, 2.45) is 35.5 Å². The topological polar surface area (TPSA) is 216 Å². The molecule has 0 aromatic carbocycles. The molecule has 2 heterocycles. The Labute approximate surface area is 405 Å². The number of allylic oxidation sites excluding steroid dienone is 8. The number of hydrogen-bond donors (Lipinski definition) is 4. The van der Waals surface area contributed by atoms with Crippen LogP contribution in [-0.2, 0) is 47.7 Å². The van der Waals surface area contributed by atoms with Crippen molar-refractivity contribution < 1.29 is 68.1 Å². The van der Waals surface area contributed by atoms with Gasteiger partial charge < -0.3 is 49.0 Å². The van der Waals surface area contributed by atoms with Crippen molar-refractivity contribution in [3.8, 4) is 0 Å². The first-order valence-electron chi connectivity index (χ1n) is 24.7. The van der Waals surface area contributed by atoms with E-state index in [-0.39, 0.29) is 55.2 Å². The first-order valence-corrected chi connectivity index (χ1v) is 24.7. The molecule has 2 aliphatic heterocycles. The van der Waals surface area contributed by atoms with Gasteiger partial charge in [-0.3, -0.25) is 19.2 Å². The average molecular weight is 958 g/mol. The number of Topliss-reactive ketones (excluding diaryl/α,β-unsaturated/α-hetero) is 2.